The number of benzene rings is 1. The molecule has 0 bridgehead atoms. The highest BCUT2D eigenvalue weighted by molar-refractivity contribution is 6.00. The van der Waals surface area contributed by atoms with Crippen LogP contribution in [0.25, 0.3) is 0 Å². The van der Waals surface area contributed by atoms with Crippen molar-refractivity contribution in [3.63, 3.8) is 0 Å². The van der Waals surface area contributed by atoms with Crippen LogP contribution >= 0.6 is 0 Å². The highest BCUT2D eigenvalue weighted by atomic mass is 16.7. The monoisotopic (exact) mass is 254 g/mol. The van der Waals surface area contributed by atoms with Crippen molar-refractivity contribution in [1.29, 1.82) is 0 Å². The minimum atomic E-state index is -0.136. The Bertz CT molecular complexity index is 609. The molecule has 0 fully saturated rings. The molecular formula is C16H14O3. The van der Waals surface area contributed by atoms with E-state index >= 15 is 0 Å². The molecule has 0 N–H and O–H groups in total. The van der Waals surface area contributed by atoms with Crippen LogP contribution < -0.4 is 9.47 Å². The molecule has 1 aromatic rings. The van der Waals surface area contributed by atoms with Crippen molar-refractivity contribution in [3.05, 3.63) is 47.6 Å². The van der Waals surface area contributed by atoms with Crippen LogP contribution in [0.1, 0.15) is 24.0 Å². The predicted molar refractivity (Wildman–Crippen MR) is 70.5 cm³/mol. The summed E-state index contributed by atoms with van der Waals surface area (Å²) in [7, 11) is 0. The lowest BCUT2D eigenvalue weighted by atomic mass is 9.68. The van der Waals surface area contributed by atoms with Gasteiger partial charge in [-0.2, -0.15) is 0 Å². The van der Waals surface area contributed by atoms with E-state index in [1.165, 1.54) is 11.1 Å². The minimum Gasteiger partial charge on any atom is -0.454 e. The molecule has 0 radical (unpaired) electrons. The summed E-state index contributed by atoms with van der Waals surface area (Å²) in [5.41, 5.74) is 2.42. The van der Waals surface area contributed by atoms with Crippen LogP contribution in [-0.2, 0) is 16.6 Å². The van der Waals surface area contributed by atoms with Gasteiger partial charge in [-0.25, -0.2) is 0 Å². The summed E-state index contributed by atoms with van der Waals surface area (Å²) in [5, 5.41) is 0. The third-order valence-corrected chi connectivity index (χ3v) is 4.23. The van der Waals surface area contributed by atoms with Gasteiger partial charge in [0.2, 0.25) is 6.79 Å². The molecule has 0 saturated heterocycles. The molecule has 96 valence electrons. The van der Waals surface area contributed by atoms with Crippen molar-refractivity contribution in [1.82, 2.24) is 0 Å². The molecule has 0 amide bonds. The van der Waals surface area contributed by atoms with E-state index in [2.05, 4.69) is 12.1 Å². The average Bonchev–Trinajstić information content (AvgIpc) is 2.88. The summed E-state index contributed by atoms with van der Waals surface area (Å²) in [6.07, 6.45) is 10.7. The van der Waals surface area contributed by atoms with Gasteiger partial charge in [-0.15, -0.1) is 0 Å². The standard InChI is InChI=1S/C16H14O3/c17-12-3-6-16(7-4-12)5-1-2-11-8-14-15(9-13(11)16)19-10-18-14/h3-4,6-9H,1-2,5,10H2. The van der Waals surface area contributed by atoms with Gasteiger partial charge in [-0.05, 0) is 54.7 Å². The largest absolute Gasteiger partial charge is 0.454 e. The second-order valence-electron chi connectivity index (χ2n) is 5.33. The van der Waals surface area contributed by atoms with Crippen LogP contribution in [0.15, 0.2) is 36.4 Å². The first-order valence-corrected chi connectivity index (χ1v) is 6.62. The molecule has 3 aliphatic rings. The zero-order valence-corrected chi connectivity index (χ0v) is 10.5. The molecule has 0 aromatic heterocycles. The van der Waals surface area contributed by atoms with Gasteiger partial charge >= 0.3 is 0 Å². The normalized spacial score (nSPS) is 21.8. The van der Waals surface area contributed by atoms with Crippen molar-refractivity contribution in [2.75, 3.05) is 6.79 Å². The fourth-order valence-electron chi connectivity index (χ4n) is 3.25. The summed E-state index contributed by atoms with van der Waals surface area (Å²) in [6.45, 7) is 0.301. The molecule has 4 rings (SSSR count). The number of fused-ring (bicyclic) bond motifs is 3. The molecule has 0 saturated carbocycles. The lowest BCUT2D eigenvalue weighted by Crippen LogP contribution is -2.28. The quantitative estimate of drug-likeness (QED) is 0.714. The number of rotatable bonds is 0. The molecule has 1 aromatic carbocycles. The van der Waals surface area contributed by atoms with Gasteiger partial charge in [-0.1, -0.05) is 12.2 Å². The van der Waals surface area contributed by atoms with Crippen molar-refractivity contribution < 1.29 is 14.3 Å². The van der Waals surface area contributed by atoms with E-state index in [1.807, 2.05) is 12.2 Å². The van der Waals surface area contributed by atoms with Crippen LogP contribution in [0.5, 0.6) is 11.5 Å². The first-order valence-electron chi connectivity index (χ1n) is 6.62. The summed E-state index contributed by atoms with van der Waals surface area (Å²) in [6, 6.07) is 4.18. The van der Waals surface area contributed by atoms with Crippen LogP contribution in [0, 0.1) is 0 Å². The second kappa shape index (κ2) is 3.73. The first-order chi connectivity index (χ1) is 9.27. The number of aryl methyl sites for hydroxylation is 1. The lowest BCUT2D eigenvalue weighted by Gasteiger charge is -2.35. The molecule has 2 aliphatic carbocycles. The number of allylic oxidation sites excluding steroid dienone is 4. The highest BCUT2D eigenvalue weighted by Crippen LogP contribution is 2.46. The zero-order valence-electron chi connectivity index (χ0n) is 10.5. The molecule has 19 heavy (non-hydrogen) atoms. The van der Waals surface area contributed by atoms with Gasteiger partial charge in [0.25, 0.3) is 0 Å². The average molecular weight is 254 g/mol. The Labute approximate surface area is 111 Å². The Morgan fingerprint density at radius 3 is 2.58 bits per heavy atom. The maximum Gasteiger partial charge on any atom is 0.231 e. The Morgan fingerprint density at radius 1 is 1.05 bits per heavy atom. The van der Waals surface area contributed by atoms with E-state index in [0.29, 0.717) is 6.79 Å². The second-order valence-corrected chi connectivity index (χ2v) is 5.33. The van der Waals surface area contributed by atoms with Gasteiger partial charge in [0.1, 0.15) is 0 Å². The van der Waals surface area contributed by atoms with E-state index in [0.717, 1.165) is 30.8 Å². The number of carbonyl (C=O) groups excluding carboxylic acids is 1. The molecule has 0 atom stereocenters. The number of ether oxygens (including phenoxy) is 2. The third kappa shape index (κ3) is 1.54. The number of hydrogen-bond acceptors (Lipinski definition) is 3. The topological polar surface area (TPSA) is 35.5 Å². The summed E-state index contributed by atoms with van der Waals surface area (Å²) in [5.74, 6) is 1.73. The smallest absolute Gasteiger partial charge is 0.231 e. The van der Waals surface area contributed by atoms with Crippen LogP contribution in [0.2, 0.25) is 0 Å². The predicted octanol–water partition coefficient (Wildman–Crippen LogP) is 2.68. The van der Waals surface area contributed by atoms with E-state index in [9.17, 15) is 4.79 Å². The van der Waals surface area contributed by atoms with Crippen LogP contribution in [0.4, 0.5) is 0 Å². The first kappa shape index (κ1) is 10.9. The minimum absolute atomic E-state index is 0.0680. The van der Waals surface area contributed by atoms with Crippen molar-refractivity contribution in [2.45, 2.75) is 24.7 Å². The summed E-state index contributed by atoms with van der Waals surface area (Å²) in [4.78, 5) is 11.4. The number of ketones is 1. The maximum atomic E-state index is 11.4. The van der Waals surface area contributed by atoms with Gasteiger partial charge in [-0.3, -0.25) is 4.79 Å². The van der Waals surface area contributed by atoms with E-state index in [-0.39, 0.29) is 11.2 Å². The molecule has 1 aliphatic heterocycles. The molecule has 1 heterocycles. The van der Waals surface area contributed by atoms with E-state index in [4.69, 9.17) is 9.47 Å². The summed E-state index contributed by atoms with van der Waals surface area (Å²) >= 11 is 0. The number of hydrogen-bond donors (Lipinski definition) is 0. The SMILES string of the molecule is O=C1C=CC2(C=C1)CCCc1cc3c(cc12)OCO3. The van der Waals surface area contributed by atoms with Gasteiger partial charge < -0.3 is 9.47 Å². The lowest BCUT2D eigenvalue weighted by molar-refractivity contribution is -0.110. The van der Waals surface area contributed by atoms with Crippen molar-refractivity contribution in [2.24, 2.45) is 0 Å². The Kier molecular flexibility index (Phi) is 2.13. The molecule has 3 nitrogen and oxygen atoms in total. The van der Waals surface area contributed by atoms with Crippen molar-refractivity contribution in [3.8, 4) is 11.5 Å². The molecule has 1 spiro atoms. The molecular weight excluding hydrogens is 240 g/mol. The third-order valence-electron chi connectivity index (χ3n) is 4.23. The Morgan fingerprint density at radius 2 is 1.79 bits per heavy atom. The van der Waals surface area contributed by atoms with Gasteiger partial charge in [0, 0.05) is 5.41 Å². The maximum absolute atomic E-state index is 11.4. The van der Waals surface area contributed by atoms with Gasteiger partial charge in [0.05, 0.1) is 0 Å². The number of carbonyl (C=O) groups is 1. The van der Waals surface area contributed by atoms with Crippen molar-refractivity contribution >= 4 is 5.78 Å². The highest BCUT2D eigenvalue weighted by Gasteiger charge is 2.35. The fraction of sp³-hybridized carbons (Fsp3) is 0.312. The van der Waals surface area contributed by atoms with Crippen LogP contribution in [0.3, 0.4) is 0 Å². The molecule has 3 heteroatoms. The fourth-order valence-corrected chi connectivity index (χ4v) is 3.25. The van der Waals surface area contributed by atoms with E-state index < -0.39 is 0 Å². The van der Waals surface area contributed by atoms with Crippen LogP contribution in [-0.4, -0.2) is 12.6 Å². The Balaban J connectivity index is 1.89. The Hall–Kier alpha value is -2.03. The summed E-state index contributed by atoms with van der Waals surface area (Å²) < 4.78 is 10.9. The molecule has 0 unspecified atom stereocenters. The van der Waals surface area contributed by atoms with E-state index in [1.54, 1.807) is 12.2 Å². The zero-order chi connectivity index (χ0) is 12.9. The van der Waals surface area contributed by atoms with Gasteiger partial charge in [0.15, 0.2) is 17.3 Å².